The second-order valence-corrected chi connectivity index (χ2v) is 8.22. The van der Waals surface area contributed by atoms with Crippen molar-refractivity contribution in [3.63, 3.8) is 0 Å². The van der Waals surface area contributed by atoms with Gasteiger partial charge in [-0.25, -0.2) is 12.8 Å². The molecule has 130 valence electrons. The third-order valence-corrected chi connectivity index (χ3v) is 6.91. The average molecular weight is 363 g/mol. The van der Waals surface area contributed by atoms with Crippen LogP contribution in [-0.2, 0) is 10.0 Å². The molecule has 1 aromatic rings. The van der Waals surface area contributed by atoms with Crippen molar-refractivity contribution >= 4 is 22.4 Å². The van der Waals surface area contributed by atoms with E-state index in [0.717, 1.165) is 31.8 Å². The fourth-order valence-corrected chi connectivity index (χ4v) is 5.13. The van der Waals surface area contributed by atoms with Gasteiger partial charge < -0.3 is 5.32 Å². The maximum Gasteiger partial charge on any atom is 0.243 e. The first kappa shape index (κ1) is 18.6. The number of halogens is 2. The van der Waals surface area contributed by atoms with E-state index < -0.39 is 15.8 Å². The van der Waals surface area contributed by atoms with E-state index in [4.69, 9.17) is 0 Å². The summed E-state index contributed by atoms with van der Waals surface area (Å²) in [7, 11) is -3.48. The topological polar surface area (TPSA) is 49.4 Å². The second-order valence-electron chi connectivity index (χ2n) is 6.28. The van der Waals surface area contributed by atoms with E-state index in [-0.39, 0.29) is 17.3 Å². The molecule has 1 aromatic carbocycles. The number of nitrogens with zero attached hydrogens (tertiary/aromatic N) is 1. The van der Waals surface area contributed by atoms with Gasteiger partial charge in [0.2, 0.25) is 10.0 Å². The lowest BCUT2D eigenvalue weighted by Crippen LogP contribution is -2.41. The number of rotatable bonds is 3. The van der Waals surface area contributed by atoms with Crippen LogP contribution >= 0.6 is 12.4 Å². The molecule has 0 amide bonds. The Hall–Kier alpha value is -0.690. The number of sulfonamides is 1. The monoisotopic (exact) mass is 362 g/mol. The van der Waals surface area contributed by atoms with Crippen molar-refractivity contribution in [2.75, 3.05) is 26.2 Å². The summed E-state index contributed by atoms with van der Waals surface area (Å²) < 4.78 is 39.7. The van der Waals surface area contributed by atoms with Crippen LogP contribution in [0.15, 0.2) is 29.2 Å². The normalized spacial score (nSPS) is 21.8. The van der Waals surface area contributed by atoms with Crippen molar-refractivity contribution in [1.82, 2.24) is 9.62 Å². The van der Waals surface area contributed by atoms with Gasteiger partial charge in [-0.05, 0) is 74.9 Å². The molecule has 1 N–H and O–H groups in total. The van der Waals surface area contributed by atoms with Gasteiger partial charge in [-0.15, -0.1) is 12.4 Å². The van der Waals surface area contributed by atoms with Gasteiger partial charge in [0.1, 0.15) is 5.82 Å². The van der Waals surface area contributed by atoms with Gasteiger partial charge in [0.15, 0.2) is 0 Å². The smallest absolute Gasteiger partial charge is 0.243 e. The molecule has 2 saturated heterocycles. The third-order valence-electron chi connectivity index (χ3n) is 5.00. The van der Waals surface area contributed by atoms with Crippen LogP contribution in [0.3, 0.4) is 0 Å². The van der Waals surface area contributed by atoms with Crippen LogP contribution < -0.4 is 5.32 Å². The van der Waals surface area contributed by atoms with Crippen LogP contribution in [-0.4, -0.2) is 38.9 Å². The van der Waals surface area contributed by atoms with Crippen molar-refractivity contribution in [1.29, 1.82) is 0 Å². The Morgan fingerprint density at radius 3 is 2.04 bits per heavy atom. The molecule has 0 aromatic heterocycles. The Bertz CT molecular complexity index is 595. The first-order chi connectivity index (χ1) is 10.6. The molecular weight excluding hydrogens is 339 g/mol. The lowest BCUT2D eigenvalue weighted by Gasteiger charge is -2.37. The summed E-state index contributed by atoms with van der Waals surface area (Å²) >= 11 is 0. The molecule has 7 heteroatoms. The molecule has 0 aliphatic carbocycles. The number of hydrogen-bond donors (Lipinski definition) is 1. The fourth-order valence-electron chi connectivity index (χ4n) is 3.66. The average Bonchev–Trinajstić information content (AvgIpc) is 2.56. The van der Waals surface area contributed by atoms with Gasteiger partial charge in [-0.1, -0.05) is 0 Å². The number of benzene rings is 1. The van der Waals surface area contributed by atoms with E-state index in [2.05, 4.69) is 5.32 Å². The molecule has 2 heterocycles. The van der Waals surface area contributed by atoms with E-state index in [1.807, 2.05) is 0 Å². The van der Waals surface area contributed by atoms with Gasteiger partial charge >= 0.3 is 0 Å². The van der Waals surface area contributed by atoms with Gasteiger partial charge in [-0.2, -0.15) is 4.31 Å². The molecule has 0 bridgehead atoms. The number of piperidine rings is 2. The lowest BCUT2D eigenvalue weighted by molar-refractivity contribution is 0.176. The van der Waals surface area contributed by atoms with Crippen molar-refractivity contribution < 1.29 is 12.8 Å². The summed E-state index contributed by atoms with van der Waals surface area (Å²) in [5.74, 6) is 0.960. The number of nitrogens with one attached hydrogen (secondary N) is 1. The minimum absolute atomic E-state index is 0. The van der Waals surface area contributed by atoms with Crippen LogP contribution in [0.1, 0.15) is 25.7 Å². The quantitative estimate of drug-likeness (QED) is 0.899. The van der Waals surface area contributed by atoms with Crippen molar-refractivity contribution in [2.24, 2.45) is 11.8 Å². The summed E-state index contributed by atoms with van der Waals surface area (Å²) in [6.07, 6.45) is 4.28. The SMILES string of the molecule is Cl.O=S(=O)(c1ccc(F)cc1)N1CCC(C2CCNCC2)CC1. The highest BCUT2D eigenvalue weighted by Gasteiger charge is 2.32. The van der Waals surface area contributed by atoms with E-state index in [1.165, 1.54) is 37.1 Å². The Labute approximate surface area is 143 Å². The van der Waals surface area contributed by atoms with Crippen LogP contribution in [0.4, 0.5) is 4.39 Å². The van der Waals surface area contributed by atoms with Gasteiger partial charge in [0.05, 0.1) is 4.90 Å². The maximum atomic E-state index is 13.0. The van der Waals surface area contributed by atoms with Crippen molar-refractivity contribution in [3.8, 4) is 0 Å². The summed E-state index contributed by atoms with van der Waals surface area (Å²) in [6.45, 7) is 3.32. The molecule has 0 radical (unpaired) electrons. The highest BCUT2D eigenvalue weighted by molar-refractivity contribution is 7.89. The first-order valence-corrected chi connectivity index (χ1v) is 9.48. The number of hydrogen-bond acceptors (Lipinski definition) is 3. The zero-order valence-electron chi connectivity index (χ0n) is 13.1. The highest BCUT2D eigenvalue weighted by atomic mass is 35.5. The lowest BCUT2D eigenvalue weighted by atomic mass is 9.79. The van der Waals surface area contributed by atoms with Crippen LogP contribution in [0.25, 0.3) is 0 Å². The van der Waals surface area contributed by atoms with Crippen molar-refractivity contribution in [2.45, 2.75) is 30.6 Å². The van der Waals surface area contributed by atoms with E-state index in [0.29, 0.717) is 19.0 Å². The molecule has 0 unspecified atom stereocenters. The molecule has 2 fully saturated rings. The van der Waals surface area contributed by atoms with E-state index in [1.54, 1.807) is 4.31 Å². The zero-order valence-corrected chi connectivity index (χ0v) is 14.7. The predicted molar refractivity (Wildman–Crippen MR) is 90.7 cm³/mol. The molecule has 0 spiro atoms. The molecule has 4 nitrogen and oxygen atoms in total. The predicted octanol–water partition coefficient (Wildman–Crippen LogP) is 2.65. The third kappa shape index (κ3) is 4.24. The van der Waals surface area contributed by atoms with E-state index >= 15 is 0 Å². The molecule has 0 saturated carbocycles. The molecule has 0 atom stereocenters. The second kappa shape index (κ2) is 7.92. The minimum atomic E-state index is -3.48. The summed E-state index contributed by atoms with van der Waals surface area (Å²) in [5.41, 5.74) is 0. The maximum absolute atomic E-state index is 13.0. The van der Waals surface area contributed by atoms with Gasteiger partial charge in [0, 0.05) is 13.1 Å². The Balaban J connectivity index is 0.00000192. The Morgan fingerprint density at radius 2 is 1.48 bits per heavy atom. The van der Waals surface area contributed by atoms with Gasteiger partial charge in [0.25, 0.3) is 0 Å². The summed E-state index contributed by atoms with van der Waals surface area (Å²) in [4.78, 5) is 0.189. The van der Waals surface area contributed by atoms with Crippen LogP contribution in [0.5, 0.6) is 0 Å². The summed E-state index contributed by atoms with van der Waals surface area (Å²) in [5, 5.41) is 3.38. The fraction of sp³-hybridized carbons (Fsp3) is 0.625. The van der Waals surface area contributed by atoms with Crippen LogP contribution in [0.2, 0.25) is 0 Å². The molecular formula is C16H24ClFN2O2S. The molecule has 2 aliphatic heterocycles. The Kier molecular flexibility index (Phi) is 6.42. The van der Waals surface area contributed by atoms with Crippen molar-refractivity contribution in [3.05, 3.63) is 30.1 Å². The highest BCUT2D eigenvalue weighted by Crippen LogP contribution is 2.32. The molecule has 3 rings (SSSR count). The van der Waals surface area contributed by atoms with Gasteiger partial charge in [-0.3, -0.25) is 0 Å². The van der Waals surface area contributed by atoms with Crippen LogP contribution in [0, 0.1) is 17.7 Å². The summed E-state index contributed by atoms with van der Waals surface area (Å²) in [6, 6.07) is 5.11. The standard InChI is InChI=1S/C16H23FN2O2S.ClH/c17-15-1-3-16(4-2-15)22(20,21)19-11-7-14(8-12-19)13-5-9-18-10-6-13;/h1-4,13-14,18H,5-12H2;1H. The minimum Gasteiger partial charge on any atom is -0.317 e. The Morgan fingerprint density at radius 1 is 0.957 bits per heavy atom. The zero-order chi connectivity index (χ0) is 15.6. The largest absolute Gasteiger partial charge is 0.317 e. The van der Waals surface area contributed by atoms with E-state index in [9.17, 15) is 12.8 Å². The molecule has 23 heavy (non-hydrogen) atoms. The first-order valence-electron chi connectivity index (χ1n) is 8.04. The molecule has 2 aliphatic rings.